The molecule has 0 spiro atoms. The van der Waals surface area contributed by atoms with Crippen molar-refractivity contribution in [2.24, 2.45) is 0 Å². The molecule has 0 bridgehead atoms. The Morgan fingerprint density at radius 1 is 0.815 bits per heavy atom. The Bertz CT molecular complexity index is 845. The quantitative estimate of drug-likeness (QED) is 0.745. The minimum atomic E-state index is -0.405. The van der Waals surface area contributed by atoms with E-state index in [1.54, 1.807) is 17.0 Å². The topological polar surface area (TPSA) is 43.9 Å². The highest BCUT2D eigenvalue weighted by molar-refractivity contribution is 6.52. The minimum absolute atomic E-state index is 0.390. The summed E-state index contributed by atoms with van der Waals surface area (Å²) in [6.45, 7) is 6.17. The molecule has 2 aromatic rings. The second kappa shape index (κ2) is 7.80. The number of carbonyl (C=O) groups is 2. The number of fused-ring (bicyclic) bond motifs is 1. The summed E-state index contributed by atoms with van der Waals surface area (Å²) < 4.78 is 0. The number of ketones is 1. The van der Waals surface area contributed by atoms with E-state index in [1.807, 2.05) is 24.3 Å². The molecule has 2 aliphatic heterocycles. The zero-order valence-corrected chi connectivity index (χ0v) is 15.9. The highest BCUT2D eigenvalue weighted by Crippen LogP contribution is 2.28. The number of Topliss-reactive ketones (excluding diaryl/α,β-unsaturated/α-hetero) is 1. The summed E-state index contributed by atoms with van der Waals surface area (Å²) in [5.41, 5.74) is 2.54. The van der Waals surface area contributed by atoms with Gasteiger partial charge in [-0.3, -0.25) is 19.4 Å². The molecule has 0 N–H and O–H groups in total. The molecule has 6 heteroatoms. The number of amides is 1. The van der Waals surface area contributed by atoms with E-state index in [1.165, 1.54) is 5.56 Å². The lowest BCUT2D eigenvalue weighted by molar-refractivity contribution is -0.114. The number of halogens is 1. The molecule has 0 radical (unpaired) electrons. The van der Waals surface area contributed by atoms with E-state index >= 15 is 0 Å². The molecule has 1 fully saturated rings. The van der Waals surface area contributed by atoms with E-state index in [0.29, 0.717) is 12.1 Å². The molecule has 140 valence electrons. The molecule has 2 aromatic carbocycles. The number of anilines is 1. The van der Waals surface area contributed by atoms with E-state index in [0.717, 1.165) is 50.0 Å². The predicted molar refractivity (Wildman–Crippen MR) is 106 cm³/mol. The van der Waals surface area contributed by atoms with Gasteiger partial charge in [-0.2, -0.15) is 0 Å². The zero-order chi connectivity index (χ0) is 18.8. The second-order valence-corrected chi connectivity index (χ2v) is 7.48. The number of hydrogen-bond acceptors (Lipinski definition) is 4. The first-order chi connectivity index (χ1) is 13.1. The monoisotopic (exact) mass is 383 g/mol. The van der Waals surface area contributed by atoms with Crippen molar-refractivity contribution in [3.8, 4) is 0 Å². The van der Waals surface area contributed by atoms with Crippen molar-refractivity contribution >= 4 is 29.0 Å². The van der Waals surface area contributed by atoms with Crippen molar-refractivity contribution in [1.82, 2.24) is 9.80 Å². The second-order valence-electron chi connectivity index (χ2n) is 7.05. The summed E-state index contributed by atoms with van der Waals surface area (Å²) in [6, 6.07) is 15.2. The third kappa shape index (κ3) is 3.90. The van der Waals surface area contributed by atoms with Gasteiger partial charge in [-0.05, 0) is 29.8 Å². The van der Waals surface area contributed by atoms with Gasteiger partial charge in [0.05, 0.1) is 11.3 Å². The first-order valence-corrected chi connectivity index (χ1v) is 9.64. The minimum Gasteiger partial charge on any atom is -0.303 e. The number of benzene rings is 2. The van der Waals surface area contributed by atoms with Crippen LogP contribution in [0.25, 0.3) is 0 Å². The summed E-state index contributed by atoms with van der Waals surface area (Å²) in [7, 11) is 0. The van der Waals surface area contributed by atoms with Gasteiger partial charge in [-0.15, -0.1) is 0 Å². The van der Waals surface area contributed by atoms with Gasteiger partial charge in [0.25, 0.3) is 11.7 Å². The molecule has 0 atom stereocenters. The van der Waals surface area contributed by atoms with Crippen molar-refractivity contribution in [2.75, 3.05) is 44.2 Å². The van der Waals surface area contributed by atoms with Crippen LogP contribution in [0.4, 0.5) is 5.69 Å². The number of piperazine rings is 1. The maximum absolute atomic E-state index is 12.3. The molecule has 1 amide bonds. The van der Waals surface area contributed by atoms with Gasteiger partial charge < -0.3 is 4.90 Å². The molecule has 2 aliphatic rings. The highest BCUT2D eigenvalue weighted by atomic mass is 35.5. The Labute approximate surface area is 164 Å². The molecule has 0 aliphatic carbocycles. The Hall–Kier alpha value is -2.21. The maximum atomic E-state index is 12.3. The van der Waals surface area contributed by atoms with Crippen molar-refractivity contribution in [1.29, 1.82) is 0 Å². The van der Waals surface area contributed by atoms with E-state index in [9.17, 15) is 9.59 Å². The van der Waals surface area contributed by atoms with Crippen LogP contribution >= 0.6 is 11.6 Å². The van der Waals surface area contributed by atoms with Gasteiger partial charge in [0.15, 0.2) is 0 Å². The smallest absolute Gasteiger partial charge is 0.299 e. The molecule has 4 rings (SSSR count). The van der Waals surface area contributed by atoms with Crippen LogP contribution in [-0.4, -0.2) is 60.8 Å². The molecule has 2 heterocycles. The fraction of sp³-hybridized carbons (Fsp3) is 0.333. The van der Waals surface area contributed by atoms with Crippen LogP contribution in [0.2, 0.25) is 5.02 Å². The number of rotatable bonds is 5. The lowest BCUT2D eigenvalue weighted by Gasteiger charge is -2.35. The highest BCUT2D eigenvalue weighted by Gasteiger charge is 2.35. The first-order valence-electron chi connectivity index (χ1n) is 9.26. The van der Waals surface area contributed by atoms with Crippen molar-refractivity contribution in [2.45, 2.75) is 6.54 Å². The Morgan fingerprint density at radius 3 is 2.22 bits per heavy atom. The van der Waals surface area contributed by atoms with Crippen molar-refractivity contribution < 1.29 is 9.59 Å². The average Bonchev–Trinajstić information content (AvgIpc) is 2.94. The molecular formula is C21H22ClN3O2. The van der Waals surface area contributed by atoms with Crippen LogP contribution in [-0.2, 0) is 11.3 Å². The Morgan fingerprint density at radius 2 is 1.48 bits per heavy atom. The summed E-state index contributed by atoms with van der Waals surface area (Å²) in [4.78, 5) is 30.7. The van der Waals surface area contributed by atoms with Gasteiger partial charge in [-0.1, -0.05) is 35.9 Å². The predicted octanol–water partition coefficient (Wildman–Crippen LogP) is 2.69. The van der Waals surface area contributed by atoms with Crippen molar-refractivity contribution in [3.63, 3.8) is 0 Å². The number of nitrogens with zero attached hydrogens (tertiary/aromatic N) is 3. The van der Waals surface area contributed by atoms with Crippen LogP contribution in [0, 0.1) is 0 Å². The van der Waals surface area contributed by atoms with Gasteiger partial charge in [0, 0.05) is 50.8 Å². The van der Waals surface area contributed by atoms with Crippen LogP contribution < -0.4 is 4.90 Å². The molecule has 1 saturated heterocycles. The summed E-state index contributed by atoms with van der Waals surface area (Å²) >= 11 is 5.94. The summed E-state index contributed by atoms with van der Waals surface area (Å²) in [5, 5.41) is 0.764. The van der Waals surface area contributed by atoms with E-state index in [-0.39, 0.29) is 0 Å². The fourth-order valence-corrected chi connectivity index (χ4v) is 3.86. The van der Waals surface area contributed by atoms with Crippen LogP contribution in [0.1, 0.15) is 15.9 Å². The lowest BCUT2D eigenvalue weighted by Crippen LogP contribution is -2.48. The van der Waals surface area contributed by atoms with Gasteiger partial charge in [0.2, 0.25) is 0 Å². The standard InChI is InChI=1S/C21H22ClN3O2/c22-17-7-5-16(6-8-17)15-24-11-9-23(10-12-24)13-14-25-19-4-2-1-3-18(19)20(26)21(25)27/h1-8H,9-15H2. The number of para-hydroxylation sites is 1. The maximum Gasteiger partial charge on any atom is 0.299 e. The average molecular weight is 384 g/mol. The van der Waals surface area contributed by atoms with Gasteiger partial charge in [0.1, 0.15) is 0 Å². The SMILES string of the molecule is O=C1C(=O)N(CCN2CCN(Cc3ccc(Cl)cc3)CC2)c2ccccc21. The third-order valence-electron chi connectivity index (χ3n) is 5.30. The molecule has 0 unspecified atom stereocenters. The number of carbonyl (C=O) groups excluding carboxylic acids is 2. The lowest BCUT2D eigenvalue weighted by atomic mass is 10.1. The molecule has 5 nitrogen and oxygen atoms in total. The van der Waals surface area contributed by atoms with Crippen LogP contribution in [0.3, 0.4) is 0 Å². The van der Waals surface area contributed by atoms with Crippen LogP contribution in [0.5, 0.6) is 0 Å². The van der Waals surface area contributed by atoms with Crippen LogP contribution in [0.15, 0.2) is 48.5 Å². The zero-order valence-electron chi connectivity index (χ0n) is 15.1. The van der Waals surface area contributed by atoms with Crippen molar-refractivity contribution in [3.05, 3.63) is 64.7 Å². The molecule has 27 heavy (non-hydrogen) atoms. The molecule has 0 aromatic heterocycles. The fourth-order valence-electron chi connectivity index (χ4n) is 3.73. The summed E-state index contributed by atoms with van der Waals surface area (Å²) in [6.07, 6.45) is 0. The van der Waals surface area contributed by atoms with E-state index in [4.69, 9.17) is 11.6 Å². The number of hydrogen-bond donors (Lipinski definition) is 0. The third-order valence-corrected chi connectivity index (χ3v) is 5.56. The molecule has 0 saturated carbocycles. The largest absolute Gasteiger partial charge is 0.303 e. The molecular weight excluding hydrogens is 362 g/mol. The van der Waals surface area contributed by atoms with Gasteiger partial charge >= 0.3 is 0 Å². The Balaban J connectivity index is 1.28. The first kappa shape index (κ1) is 18.2. The summed E-state index contributed by atoms with van der Waals surface area (Å²) in [5.74, 6) is -0.795. The van der Waals surface area contributed by atoms with E-state index in [2.05, 4.69) is 21.9 Å². The Kier molecular flexibility index (Phi) is 5.25. The van der Waals surface area contributed by atoms with Gasteiger partial charge in [-0.25, -0.2) is 0 Å². The van der Waals surface area contributed by atoms with E-state index < -0.39 is 11.7 Å². The normalized spacial score (nSPS) is 18.2.